The van der Waals surface area contributed by atoms with Gasteiger partial charge >= 0.3 is 0 Å². The van der Waals surface area contributed by atoms with Crippen molar-refractivity contribution < 1.29 is 17.5 Å². The topological polar surface area (TPSA) is 43.4 Å². The third-order valence-electron chi connectivity index (χ3n) is 2.37. The first-order chi connectivity index (χ1) is 7.55. The van der Waals surface area contributed by atoms with Gasteiger partial charge in [0, 0.05) is 6.61 Å². The first-order valence-electron chi connectivity index (χ1n) is 4.88. The Morgan fingerprint density at radius 2 is 2.12 bits per heavy atom. The third kappa shape index (κ3) is 1.76. The van der Waals surface area contributed by atoms with Crippen molar-refractivity contribution in [3.8, 4) is 0 Å². The van der Waals surface area contributed by atoms with E-state index in [0.29, 0.717) is 12.2 Å². The zero-order valence-corrected chi connectivity index (χ0v) is 9.55. The lowest BCUT2D eigenvalue weighted by atomic mass is 10.2. The summed E-state index contributed by atoms with van der Waals surface area (Å²) in [7, 11) is -3.47. The van der Waals surface area contributed by atoms with Gasteiger partial charge in [-0.1, -0.05) is 0 Å². The molecule has 0 spiro atoms. The zero-order valence-electron chi connectivity index (χ0n) is 8.73. The maximum Gasteiger partial charge on any atom is 0.205 e. The molecule has 0 saturated carbocycles. The average molecular weight is 242 g/mol. The number of fused-ring (bicyclic) bond motifs is 1. The van der Waals surface area contributed by atoms with E-state index in [4.69, 9.17) is 4.74 Å². The lowest BCUT2D eigenvalue weighted by molar-refractivity contribution is 0.175. The molecule has 1 aromatic carbocycles. The van der Waals surface area contributed by atoms with Crippen molar-refractivity contribution in [3.05, 3.63) is 34.5 Å². The van der Waals surface area contributed by atoms with Gasteiger partial charge in [0.15, 0.2) is 0 Å². The van der Waals surface area contributed by atoms with E-state index in [2.05, 4.69) is 0 Å². The molecule has 0 fully saturated rings. The Morgan fingerprint density at radius 1 is 1.38 bits per heavy atom. The summed E-state index contributed by atoms with van der Waals surface area (Å²) in [4.78, 5) is 0.346. The highest BCUT2D eigenvalue weighted by Crippen LogP contribution is 2.33. The van der Waals surface area contributed by atoms with Crippen LogP contribution in [-0.2, 0) is 14.6 Å². The second-order valence-corrected chi connectivity index (χ2v) is 5.40. The Hall–Kier alpha value is -1.20. The SMILES string of the molecule is CCOCC1=Cc2cc(F)ccc2S1(=O)=O. The molecule has 0 aliphatic carbocycles. The van der Waals surface area contributed by atoms with Crippen molar-refractivity contribution in [1.29, 1.82) is 0 Å². The number of ether oxygens (including phenoxy) is 1. The van der Waals surface area contributed by atoms with Crippen LogP contribution in [0.25, 0.3) is 6.08 Å². The Morgan fingerprint density at radius 3 is 2.81 bits per heavy atom. The Kier molecular flexibility index (Phi) is 2.82. The minimum atomic E-state index is -3.47. The Bertz CT molecular complexity index is 546. The molecule has 0 amide bonds. The maximum atomic E-state index is 12.9. The highest BCUT2D eigenvalue weighted by molar-refractivity contribution is 7.95. The highest BCUT2D eigenvalue weighted by atomic mass is 32.2. The van der Waals surface area contributed by atoms with Gasteiger partial charge in [-0.2, -0.15) is 0 Å². The molecular weight excluding hydrogens is 231 g/mol. The molecule has 1 heterocycles. The summed E-state index contributed by atoms with van der Waals surface area (Å²) < 4.78 is 41.9. The summed E-state index contributed by atoms with van der Waals surface area (Å²) in [6.07, 6.45) is 1.46. The van der Waals surface area contributed by atoms with Crippen molar-refractivity contribution in [2.24, 2.45) is 0 Å². The second-order valence-electron chi connectivity index (χ2n) is 3.43. The summed E-state index contributed by atoms with van der Waals surface area (Å²) in [5.41, 5.74) is 0.398. The first-order valence-corrected chi connectivity index (χ1v) is 6.37. The van der Waals surface area contributed by atoms with Crippen molar-refractivity contribution in [2.45, 2.75) is 11.8 Å². The van der Waals surface area contributed by atoms with Gasteiger partial charge < -0.3 is 4.74 Å². The molecule has 0 aromatic heterocycles. The molecule has 0 radical (unpaired) electrons. The predicted octanol–water partition coefficient (Wildman–Crippen LogP) is 1.99. The van der Waals surface area contributed by atoms with E-state index in [-0.39, 0.29) is 16.4 Å². The van der Waals surface area contributed by atoms with Gasteiger partial charge in [-0.3, -0.25) is 0 Å². The predicted molar refractivity (Wildman–Crippen MR) is 58.1 cm³/mol. The van der Waals surface area contributed by atoms with Crippen LogP contribution in [0.2, 0.25) is 0 Å². The van der Waals surface area contributed by atoms with Crippen LogP contribution < -0.4 is 0 Å². The summed E-state index contributed by atoms with van der Waals surface area (Å²) >= 11 is 0. The van der Waals surface area contributed by atoms with Crippen LogP contribution in [0.5, 0.6) is 0 Å². The monoisotopic (exact) mass is 242 g/mol. The smallest absolute Gasteiger partial charge is 0.205 e. The van der Waals surface area contributed by atoms with E-state index in [1.54, 1.807) is 6.92 Å². The van der Waals surface area contributed by atoms with E-state index >= 15 is 0 Å². The fraction of sp³-hybridized carbons (Fsp3) is 0.273. The van der Waals surface area contributed by atoms with Crippen LogP contribution in [0.1, 0.15) is 12.5 Å². The standard InChI is InChI=1S/C11H11FO3S/c1-2-15-7-10-6-8-5-9(12)3-4-11(8)16(10,13)14/h3-6H,2,7H2,1H3. The van der Waals surface area contributed by atoms with Gasteiger partial charge in [-0.15, -0.1) is 0 Å². The van der Waals surface area contributed by atoms with Crippen molar-refractivity contribution >= 4 is 15.9 Å². The molecule has 0 atom stereocenters. The number of hydrogen-bond donors (Lipinski definition) is 0. The lowest BCUT2D eigenvalue weighted by Gasteiger charge is -2.03. The first kappa shape index (κ1) is 11.3. The molecule has 0 saturated heterocycles. The molecule has 0 bridgehead atoms. The molecule has 5 heteroatoms. The molecule has 0 unspecified atom stereocenters. The van der Waals surface area contributed by atoms with Crippen molar-refractivity contribution in [3.63, 3.8) is 0 Å². The van der Waals surface area contributed by atoms with Gasteiger partial charge in [0.1, 0.15) is 5.82 Å². The van der Waals surface area contributed by atoms with E-state index in [1.807, 2.05) is 0 Å². The highest BCUT2D eigenvalue weighted by Gasteiger charge is 2.29. The molecular formula is C11H11FO3S. The third-order valence-corrected chi connectivity index (χ3v) is 4.25. The lowest BCUT2D eigenvalue weighted by Crippen LogP contribution is -2.06. The summed E-state index contributed by atoms with van der Waals surface area (Å²) in [5, 5.41) is 0. The van der Waals surface area contributed by atoms with Crippen molar-refractivity contribution in [1.82, 2.24) is 0 Å². The molecule has 3 nitrogen and oxygen atoms in total. The fourth-order valence-electron chi connectivity index (χ4n) is 1.59. The molecule has 0 N–H and O–H groups in total. The Balaban J connectivity index is 2.44. The van der Waals surface area contributed by atoms with Crippen molar-refractivity contribution in [2.75, 3.05) is 13.2 Å². The van der Waals surface area contributed by atoms with Gasteiger partial charge in [-0.05, 0) is 36.8 Å². The zero-order chi connectivity index (χ0) is 11.8. The minimum Gasteiger partial charge on any atom is -0.376 e. The van der Waals surface area contributed by atoms with Crippen LogP contribution in [0.4, 0.5) is 4.39 Å². The molecule has 2 rings (SSSR count). The molecule has 86 valence electrons. The molecule has 1 aliphatic heterocycles. The van der Waals surface area contributed by atoms with Gasteiger partial charge in [0.05, 0.1) is 16.4 Å². The maximum absolute atomic E-state index is 12.9. The van der Waals surface area contributed by atoms with E-state index < -0.39 is 15.7 Å². The number of halogens is 1. The number of benzene rings is 1. The minimum absolute atomic E-state index is 0.0368. The fourth-order valence-corrected chi connectivity index (χ4v) is 3.07. The molecule has 1 aliphatic rings. The molecule has 1 aromatic rings. The van der Waals surface area contributed by atoms with Crippen LogP contribution in [-0.4, -0.2) is 21.6 Å². The molecule has 16 heavy (non-hydrogen) atoms. The van der Waals surface area contributed by atoms with E-state index in [0.717, 1.165) is 6.07 Å². The van der Waals surface area contributed by atoms with Gasteiger partial charge in [-0.25, -0.2) is 12.8 Å². The second kappa shape index (κ2) is 3.99. The number of rotatable bonds is 3. The average Bonchev–Trinajstić information content (AvgIpc) is 2.47. The van der Waals surface area contributed by atoms with Gasteiger partial charge in [0.2, 0.25) is 9.84 Å². The van der Waals surface area contributed by atoms with Crippen LogP contribution in [0.3, 0.4) is 0 Å². The number of sulfone groups is 1. The summed E-state index contributed by atoms with van der Waals surface area (Å²) in [6.45, 7) is 2.27. The normalized spacial score (nSPS) is 17.0. The number of hydrogen-bond acceptors (Lipinski definition) is 3. The quantitative estimate of drug-likeness (QED) is 0.761. The summed E-state index contributed by atoms with van der Waals surface area (Å²) in [6, 6.07) is 3.65. The Labute approximate surface area is 93.5 Å². The van der Waals surface area contributed by atoms with Crippen LogP contribution >= 0.6 is 0 Å². The summed E-state index contributed by atoms with van der Waals surface area (Å²) in [5.74, 6) is -0.442. The van der Waals surface area contributed by atoms with E-state index in [9.17, 15) is 12.8 Å². The van der Waals surface area contributed by atoms with Gasteiger partial charge in [0.25, 0.3) is 0 Å². The van der Waals surface area contributed by atoms with E-state index in [1.165, 1.54) is 18.2 Å². The van der Waals surface area contributed by atoms with Crippen LogP contribution in [0.15, 0.2) is 28.0 Å². The van der Waals surface area contributed by atoms with Crippen LogP contribution in [0, 0.1) is 5.82 Å². The largest absolute Gasteiger partial charge is 0.376 e.